The van der Waals surface area contributed by atoms with E-state index in [9.17, 15) is 9.59 Å². The zero-order valence-electron chi connectivity index (χ0n) is 18.3. The van der Waals surface area contributed by atoms with Crippen molar-refractivity contribution >= 4 is 23.5 Å². The van der Waals surface area contributed by atoms with Crippen molar-refractivity contribution in [2.24, 2.45) is 5.92 Å². The molecule has 2 aromatic heterocycles. The Hall–Kier alpha value is -2.96. The highest BCUT2D eigenvalue weighted by molar-refractivity contribution is 5.88. The number of hydrogen-bond donors (Lipinski definition) is 1. The largest absolute Gasteiger partial charge is 0.458 e. The molecule has 1 amide bonds. The molecule has 2 aliphatic heterocycles. The summed E-state index contributed by atoms with van der Waals surface area (Å²) in [6, 6.07) is 11.7. The molecule has 5 rings (SSSR count). The molecule has 2 saturated heterocycles. The van der Waals surface area contributed by atoms with Gasteiger partial charge >= 0.3 is 5.97 Å². The predicted molar refractivity (Wildman–Crippen MR) is 120 cm³/mol. The van der Waals surface area contributed by atoms with E-state index >= 15 is 0 Å². The number of rotatable bonds is 4. The predicted octanol–water partition coefficient (Wildman–Crippen LogP) is 4.19. The number of nitrogens with zero attached hydrogens (tertiary/aromatic N) is 3. The first-order valence-electron chi connectivity index (χ1n) is 11.8. The van der Waals surface area contributed by atoms with Gasteiger partial charge in [-0.2, -0.15) is 0 Å². The topological polar surface area (TPSA) is 84.4 Å². The Morgan fingerprint density at radius 2 is 1.81 bits per heavy atom. The maximum atomic E-state index is 13.4. The van der Waals surface area contributed by atoms with Crippen LogP contribution in [0.3, 0.4) is 0 Å². The van der Waals surface area contributed by atoms with E-state index < -0.39 is 5.60 Å². The number of anilines is 2. The fourth-order valence-corrected chi connectivity index (χ4v) is 5.54. The average molecular weight is 435 g/mol. The molecular weight excluding hydrogens is 404 g/mol. The van der Waals surface area contributed by atoms with Crippen LogP contribution in [0.4, 0.5) is 11.6 Å². The summed E-state index contributed by atoms with van der Waals surface area (Å²) in [5, 5.41) is 3.25. The van der Waals surface area contributed by atoms with Gasteiger partial charge in [0, 0.05) is 30.9 Å². The molecule has 1 N–H and O–H groups in total. The molecule has 7 heteroatoms. The summed E-state index contributed by atoms with van der Waals surface area (Å²) in [5.74, 6) is 1.45. The number of amides is 1. The maximum absolute atomic E-state index is 13.4. The zero-order valence-corrected chi connectivity index (χ0v) is 18.3. The Labute approximate surface area is 188 Å². The Kier molecular flexibility index (Phi) is 5.81. The van der Waals surface area contributed by atoms with E-state index in [0.29, 0.717) is 19.0 Å². The van der Waals surface area contributed by atoms with Gasteiger partial charge in [-0.25, -0.2) is 9.97 Å². The number of piperidine rings is 1. The molecule has 1 spiro atoms. The van der Waals surface area contributed by atoms with Crippen LogP contribution in [0.2, 0.25) is 0 Å². The first-order valence-corrected chi connectivity index (χ1v) is 11.8. The molecule has 0 bridgehead atoms. The summed E-state index contributed by atoms with van der Waals surface area (Å²) in [5.41, 5.74) is 0.497. The molecule has 4 heterocycles. The molecule has 168 valence electrons. The third-order valence-corrected chi connectivity index (χ3v) is 7.24. The quantitative estimate of drug-likeness (QED) is 0.727. The van der Waals surface area contributed by atoms with Crippen molar-refractivity contribution < 1.29 is 14.3 Å². The number of carbonyl (C=O) groups is 2. The van der Waals surface area contributed by atoms with Crippen LogP contribution in [-0.2, 0) is 14.3 Å². The molecule has 2 aromatic rings. The molecule has 3 fully saturated rings. The second-order valence-electron chi connectivity index (χ2n) is 9.24. The lowest BCUT2D eigenvalue weighted by Crippen LogP contribution is -2.49. The van der Waals surface area contributed by atoms with Gasteiger partial charge in [0.2, 0.25) is 5.91 Å². The van der Waals surface area contributed by atoms with Crippen LogP contribution < -0.4 is 5.32 Å². The van der Waals surface area contributed by atoms with Gasteiger partial charge in [-0.1, -0.05) is 18.6 Å². The number of likely N-dealkylation sites (tertiary alicyclic amines) is 1. The summed E-state index contributed by atoms with van der Waals surface area (Å²) >= 11 is 0. The Morgan fingerprint density at radius 3 is 2.56 bits per heavy atom. The second-order valence-corrected chi connectivity index (χ2v) is 9.24. The Bertz CT molecular complexity index is 966. The van der Waals surface area contributed by atoms with Crippen LogP contribution in [0.25, 0.3) is 0 Å². The van der Waals surface area contributed by atoms with Crippen LogP contribution in [0.15, 0.2) is 42.6 Å². The lowest BCUT2D eigenvalue weighted by atomic mass is 9.75. The van der Waals surface area contributed by atoms with E-state index in [4.69, 9.17) is 9.72 Å². The highest BCUT2D eigenvalue weighted by Crippen LogP contribution is 2.45. The number of ether oxygens (including phenoxy) is 1. The minimum atomic E-state index is -0.545. The van der Waals surface area contributed by atoms with Crippen LogP contribution in [-0.4, -0.2) is 45.4 Å². The van der Waals surface area contributed by atoms with Gasteiger partial charge < -0.3 is 15.0 Å². The van der Waals surface area contributed by atoms with Crippen molar-refractivity contribution in [1.82, 2.24) is 14.9 Å². The second kappa shape index (κ2) is 8.88. The van der Waals surface area contributed by atoms with Crippen molar-refractivity contribution in [2.45, 2.75) is 62.9 Å². The number of nitrogens with one attached hydrogen (secondary N) is 1. The Balaban J connectivity index is 1.22. The highest BCUT2D eigenvalue weighted by atomic mass is 16.6. The summed E-state index contributed by atoms with van der Waals surface area (Å²) in [6.07, 6.45) is 8.62. The summed E-state index contributed by atoms with van der Waals surface area (Å²) < 4.78 is 5.76. The lowest BCUT2D eigenvalue weighted by Gasteiger charge is -2.39. The van der Waals surface area contributed by atoms with E-state index in [1.165, 1.54) is 0 Å². The molecule has 1 aliphatic carbocycles. The van der Waals surface area contributed by atoms with Gasteiger partial charge in [-0.3, -0.25) is 9.59 Å². The average Bonchev–Trinajstić information content (AvgIpc) is 3.15. The molecule has 1 atom stereocenters. The molecular formula is C25H30N4O3. The molecule has 0 radical (unpaired) electrons. The van der Waals surface area contributed by atoms with E-state index in [0.717, 1.165) is 62.3 Å². The monoisotopic (exact) mass is 434 g/mol. The molecule has 1 saturated carbocycles. The van der Waals surface area contributed by atoms with Gasteiger partial charge in [0.25, 0.3) is 0 Å². The van der Waals surface area contributed by atoms with Gasteiger partial charge in [-0.05, 0) is 62.8 Å². The number of hydrogen-bond acceptors (Lipinski definition) is 6. The standard InChI is InChI=1S/C25H30N4O3/c30-23-17-19(25(32-23)12-3-1-4-13-25)24(31)29-15-10-18(11-16-29)20-7-6-9-22(27-20)28-21-8-2-5-14-26-21/h2,5-9,14,18-19H,1,3-4,10-13,15-17H2,(H,26,27,28). The third kappa shape index (κ3) is 4.20. The summed E-state index contributed by atoms with van der Waals surface area (Å²) in [7, 11) is 0. The fraction of sp³-hybridized carbons (Fsp3) is 0.520. The van der Waals surface area contributed by atoms with E-state index in [1.54, 1.807) is 6.20 Å². The summed E-state index contributed by atoms with van der Waals surface area (Å²) in [6.45, 7) is 1.40. The first kappa shape index (κ1) is 20.9. The van der Waals surface area contributed by atoms with Gasteiger partial charge in [-0.15, -0.1) is 0 Å². The number of esters is 1. The van der Waals surface area contributed by atoms with Crippen molar-refractivity contribution in [3.8, 4) is 0 Å². The molecule has 1 unspecified atom stereocenters. The van der Waals surface area contributed by atoms with E-state index in [2.05, 4.69) is 16.4 Å². The fourth-order valence-electron chi connectivity index (χ4n) is 5.54. The molecule has 7 nitrogen and oxygen atoms in total. The lowest BCUT2D eigenvalue weighted by molar-refractivity contribution is -0.156. The van der Waals surface area contributed by atoms with Crippen molar-refractivity contribution in [2.75, 3.05) is 18.4 Å². The summed E-state index contributed by atoms with van der Waals surface area (Å²) in [4.78, 5) is 36.5. The van der Waals surface area contributed by atoms with Crippen molar-refractivity contribution in [3.63, 3.8) is 0 Å². The highest BCUT2D eigenvalue weighted by Gasteiger charge is 2.53. The van der Waals surface area contributed by atoms with E-state index in [1.807, 2.05) is 35.2 Å². The zero-order chi connectivity index (χ0) is 22.0. The van der Waals surface area contributed by atoms with Crippen molar-refractivity contribution in [3.05, 3.63) is 48.3 Å². The van der Waals surface area contributed by atoms with Crippen molar-refractivity contribution in [1.29, 1.82) is 0 Å². The van der Waals surface area contributed by atoms with Crippen LogP contribution in [0.5, 0.6) is 0 Å². The smallest absolute Gasteiger partial charge is 0.307 e. The third-order valence-electron chi connectivity index (χ3n) is 7.24. The van der Waals surface area contributed by atoms with E-state index in [-0.39, 0.29) is 24.2 Å². The van der Waals surface area contributed by atoms with Crippen LogP contribution in [0.1, 0.15) is 63.0 Å². The molecule has 3 aliphatic rings. The van der Waals surface area contributed by atoms with Gasteiger partial charge in [0.15, 0.2) is 0 Å². The first-order chi connectivity index (χ1) is 15.6. The SMILES string of the molecule is O=C1CC(C(=O)N2CCC(c3cccc(Nc4ccccn4)n3)CC2)C2(CCCCC2)O1. The molecule has 0 aromatic carbocycles. The number of carbonyl (C=O) groups excluding carboxylic acids is 2. The normalized spacial score (nSPS) is 23.2. The van der Waals surface area contributed by atoms with Crippen LogP contribution in [0, 0.1) is 5.92 Å². The molecule has 32 heavy (non-hydrogen) atoms. The van der Waals surface area contributed by atoms with Gasteiger partial charge in [0.1, 0.15) is 17.2 Å². The maximum Gasteiger partial charge on any atom is 0.307 e. The van der Waals surface area contributed by atoms with Crippen LogP contribution >= 0.6 is 0 Å². The number of pyridine rings is 2. The number of aromatic nitrogens is 2. The minimum absolute atomic E-state index is 0.106. The minimum Gasteiger partial charge on any atom is -0.458 e. The van der Waals surface area contributed by atoms with Gasteiger partial charge in [0.05, 0.1) is 12.3 Å². The Morgan fingerprint density at radius 1 is 1.03 bits per heavy atom.